The molecule has 0 aliphatic heterocycles. The van der Waals surface area contributed by atoms with E-state index in [-0.39, 0.29) is 11.6 Å². The van der Waals surface area contributed by atoms with Crippen molar-refractivity contribution in [3.63, 3.8) is 0 Å². The van der Waals surface area contributed by atoms with Crippen LogP contribution in [0.3, 0.4) is 0 Å². The van der Waals surface area contributed by atoms with Gasteiger partial charge < -0.3 is 14.8 Å². The van der Waals surface area contributed by atoms with Crippen molar-refractivity contribution in [3.05, 3.63) is 41.7 Å². The summed E-state index contributed by atoms with van der Waals surface area (Å²) in [5.41, 5.74) is 1.74. The molecule has 0 unspecified atom stereocenters. The summed E-state index contributed by atoms with van der Waals surface area (Å²) in [6.07, 6.45) is 0. The van der Waals surface area contributed by atoms with Gasteiger partial charge in [-0.1, -0.05) is 12.6 Å². The molecule has 0 aromatic heterocycles. The fraction of sp³-hybridized carbons (Fsp3) is 0.429. The molecule has 1 rings (SSSR count). The molecule has 4 heteroatoms. The van der Waals surface area contributed by atoms with E-state index in [1.165, 1.54) is 6.07 Å². The maximum Gasteiger partial charge on any atom is 0.165 e. The average Bonchev–Trinajstić information content (AvgIpc) is 2.33. The second-order valence-electron chi connectivity index (χ2n) is 4.18. The number of rotatable bonds is 8. The van der Waals surface area contributed by atoms with Crippen LogP contribution in [-0.2, 0) is 11.3 Å². The van der Waals surface area contributed by atoms with Gasteiger partial charge in [-0.3, -0.25) is 0 Å². The van der Waals surface area contributed by atoms with Gasteiger partial charge in [0.2, 0.25) is 0 Å². The van der Waals surface area contributed by atoms with E-state index in [1.54, 1.807) is 13.2 Å². The molecule has 0 radical (unpaired) electrons. The fourth-order valence-corrected chi connectivity index (χ4v) is 1.38. The lowest BCUT2D eigenvalue weighted by atomic mass is 10.2. The van der Waals surface area contributed by atoms with E-state index in [1.807, 2.05) is 13.0 Å². The van der Waals surface area contributed by atoms with Gasteiger partial charge in [0.15, 0.2) is 11.6 Å². The number of nitrogens with one attached hydrogen (secondary N) is 1. The number of ether oxygens (including phenoxy) is 2. The normalized spacial score (nSPS) is 10.4. The number of hydrogen-bond acceptors (Lipinski definition) is 3. The molecule has 0 heterocycles. The zero-order valence-electron chi connectivity index (χ0n) is 11.0. The third kappa shape index (κ3) is 5.29. The van der Waals surface area contributed by atoms with Crippen molar-refractivity contribution in [2.24, 2.45) is 0 Å². The van der Waals surface area contributed by atoms with Crippen molar-refractivity contribution in [1.82, 2.24) is 5.32 Å². The summed E-state index contributed by atoms with van der Waals surface area (Å²) in [7, 11) is 1.65. The molecule has 0 amide bonds. The fourth-order valence-electron chi connectivity index (χ4n) is 1.38. The summed E-state index contributed by atoms with van der Waals surface area (Å²) < 4.78 is 23.9. The van der Waals surface area contributed by atoms with Crippen LogP contribution >= 0.6 is 0 Å². The van der Waals surface area contributed by atoms with Gasteiger partial charge in [0, 0.05) is 20.2 Å². The minimum absolute atomic E-state index is 0.263. The molecule has 0 atom stereocenters. The van der Waals surface area contributed by atoms with E-state index in [4.69, 9.17) is 9.47 Å². The van der Waals surface area contributed by atoms with E-state index < -0.39 is 0 Å². The number of hydrogen-bond donors (Lipinski definition) is 1. The Balaban J connectivity index is 2.48. The molecule has 0 spiro atoms. The lowest BCUT2D eigenvalue weighted by molar-refractivity contribution is 0.199. The Morgan fingerprint density at radius 2 is 2.22 bits per heavy atom. The topological polar surface area (TPSA) is 30.5 Å². The molecule has 100 valence electrons. The quantitative estimate of drug-likeness (QED) is 0.570. The van der Waals surface area contributed by atoms with Gasteiger partial charge in [0.05, 0.1) is 6.61 Å². The SMILES string of the molecule is C=C(C)COc1ccc(CNCCOC)cc1F. The van der Waals surface area contributed by atoms with Gasteiger partial charge in [-0.05, 0) is 30.2 Å². The zero-order chi connectivity index (χ0) is 13.4. The van der Waals surface area contributed by atoms with Gasteiger partial charge in [-0.15, -0.1) is 0 Å². The lowest BCUT2D eigenvalue weighted by Gasteiger charge is -2.09. The van der Waals surface area contributed by atoms with Crippen LogP contribution < -0.4 is 10.1 Å². The van der Waals surface area contributed by atoms with Crippen LogP contribution in [0.15, 0.2) is 30.4 Å². The average molecular weight is 253 g/mol. The van der Waals surface area contributed by atoms with E-state index in [0.717, 1.165) is 17.7 Å². The highest BCUT2D eigenvalue weighted by Gasteiger charge is 2.04. The third-order valence-electron chi connectivity index (χ3n) is 2.28. The summed E-state index contributed by atoms with van der Waals surface area (Å²) in [6.45, 7) is 7.88. The lowest BCUT2D eigenvalue weighted by Crippen LogP contribution is -2.18. The molecule has 1 N–H and O–H groups in total. The predicted octanol–water partition coefficient (Wildman–Crippen LogP) is 2.52. The van der Waals surface area contributed by atoms with Crippen LogP contribution in [0.2, 0.25) is 0 Å². The van der Waals surface area contributed by atoms with Crippen LogP contribution in [0.1, 0.15) is 12.5 Å². The monoisotopic (exact) mass is 253 g/mol. The Hall–Kier alpha value is -1.39. The van der Waals surface area contributed by atoms with Crippen LogP contribution in [0.4, 0.5) is 4.39 Å². The van der Waals surface area contributed by atoms with Gasteiger partial charge in [-0.2, -0.15) is 0 Å². The Bertz CT molecular complexity index is 393. The first-order chi connectivity index (χ1) is 8.63. The molecule has 0 aliphatic carbocycles. The summed E-state index contributed by atoms with van der Waals surface area (Å²) in [4.78, 5) is 0. The Morgan fingerprint density at radius 1 is 1.44 bits per heavy atom. The predicted molar refractivity (Wildman–Crippen MR) is 70.3 cm³/mol. The largest absolute Gasteiger partial charge is 0.486 e. The van der Waals surface area contributed by atoms with E-state index in [0.29, 0.717) is 19.8 Å². The Kier molecular flexibility index (Phi) is 6.39. The highest BCUT2D eigenvalue weighted by atomic mass is 19.1. The summed E-state index contributed by atoms with van der Waals surface area (Å²) in [5, 5.41) is 3.15. The number of benzene rings is 1. The molecule has 1 aromatic rings. The minimum atomic E-state index is -0.345. The van der Waals surface area contributed by atoms with E-state index >= 15 is 0 Å². The molecular formula is C14H20FNO2. The standard InChI is InChI=1S/C14H20FNO2/c1-11(2)10-18-14-5-4-12(8-13(14)15)9-16-6-7-17-3/h4-5,8,16H,1,6-7,9-10H2,2-3H3. The Morgan fingerprint density at radius 3 is 2.83 bits per heavy atom. The maximum atomic E-state index is 13.7. The van der Waals surface area contributed by atoms with E-state index in [9.17, 15) is 4.39 Å². The van der Waals surface area contributed by atoms with Crippen LogP contribution in [0.5, 0.6) is 5.75 Å². The molecule has 3 nitrogen and oxygen atoms in total. The third-order valence-corrected chi connectivity index (χ3v) is 2.28. The van der Waals surface area contributed by atoms with Crippen molar-refractivity contribution in [2.75, 3.05) is 26.9 Å². The second kappa shape index (κ2) is 7.84. The first-order valence-electron chi connectivity index (χ1n) is 5.88. The van der Waals surface area contributed by atoms with Gasteiger partial charge in [-0.25, -0.2) is 4.39 Å². The van der Waals surface area contributed by atoms with Crippen molar-refractivity contribution < 1.29 is 13.9 Å². The minimum Gasteiger partial charge on any atom is -0.486 e. The smallest absolute Gasteiger partial charge is 0.165 e. The van der Waals surface area contributed by atoms with Crippen molar-refractivity contribution in [1.29, 1.82) is 0 Å². The van der Waals surface area contributed by atoms with Gasteiger partial charge >= 0.3 is 0 Å². The zero-order valence-corrected chi connectivity index (χ0v) is 11.0. The van der Waals surface area contributed by atoms with Crippen LogP contribution in [-0.4, -0.2) is 26.9 Å². The summed E-state index contributed by atoms with van der Waals surface area (Å²) >= 11 is 0. The molecule has 1 aromatic carbocycles. The molecule has 0 saturated heterocycles. The highest BCUT2D eigenvalue weighted by Crippen LogP contribution is 2.18. The highest BCUT2D eigenvalue weighted by molar-refractivity contribution is 5.29. The van der Waals surface area contributed by atoms with Crippen molar-refractivity contribution in [3.8, 4) is 5.75 Å². The molecule has 0 fully saturated rings. The molecule has 0 bridgehead atoms. The number of methoxy groups -OCH3 is 1. The van der Waals surface area contributed by atoms with Crippen LogP contribution in [0, 0.1) is 5.82 Å². The maximum absolute atomic E-state index is 13.7. The van der Waals surface area contributed by atoms with Crippen molar-refractivity contribution in [2.45, 2.75) is 13.5 Å². The first-order valence-corrected chi connectivity index (χ1v) is 5.88. The molecule has 0 aliphatic rings. The van der Waals surface area contributed by atoms with Crippen LogP contribution in [0.25, 0.3) is 0 Å². The number of halogens is 1. The first kappa shape index (κ1) is 14.7. The second-order valence-corrected chi connectivity index (χ2v) is 4.18. The van der Waals surface area contributed by atoms with Gasteiger partial charge in [0.25, 0.3) is 0 Å². The molecular weight excluding hydrogens is 233 g/mol. The molecule has 0 saturated carbocycles. The molecule has 18 heavy (non-hydrogen) atoms. The Labute approximate surface area is 108 Å². The summed E-state index contributed by atoms with van der Waals surface area (Å²) in [5.74, 6) is -0.0825. The van der Waals surface area contributed by atoms with E-state index in [2.05, 4.69) is 11.9 Å². The summed E-state index contributed by atoms with van der Waals surface area (Å²) in [6, 6.07) is 4.97. The van der Waals surface area contributed by atoms with Crippen molar-refractivity contribution >= 4 is 0 Å². The van der Waals surface area contributed by atoms with Gasteiger partial charge in [0.1, 0.15) is 6.61 Å².